The number of halogens is 2. The Balaban J connectivity index is 2.44. The number of rotatable bonds is 5. The van der Waals surface area contributed by atoms with Gasteiger partial charge in [0.25, 0.3) is 5.69 Å². The van der Waals surface area contributed by atoms with E-state index < -0.39 is 27.8 Å². The molecule has 0 aliphatic rings. The molecule has 0 spiro atoms. The number of alkyl halides is 2. The largest absolute Gasteiger partial charge is 0.341 e. The van der Waals surface area contributed by atoms with Crippen LogP contribution in [-0.2, 0) is 0 Å². The van der Waals surface area contributed by atoms with Crippen molar-refractivity contribution in [1.82, 2.24) is 9.78 Å². The molecular weight excluding hydrogens is 342 g/mol. The molecule has 0 fully saturated rings. The van der Waals surface area contributed by atoms with Crippen molar-refractivity contribution in [2.45, 2.75) is 20.4 Å². The molecule has 0 radical (unpaired) electrons. The molecule has 0 bridgehead atoms. The first kappa shape index (κ1) is 17.8. The van der Waals surface area contributed by atoms with Crippen molar-refractivity contribution in [3.8, 4) is 0 Å². The summed E-state index contributed by atoms with van der Waals surface area (Å²) in [4.78, 5) is 23.7. The van der Waals surface area contributed by atoms with Crippen LogP contribution in [0.25, 0.3) is 0 Å². The number of hydrogen-bond donors (Lipinski definition) is 0. The number of aromatic nitrogens is 2. The minimum atomic E-state index is -2.81. The molecule has 0 atom stereocenters. The molecule has 2 rings (SSSR count). The molecule has 2 aromatic rings. The van der Waals surface area contributed by atoms with Crippen molar-refractivity contribution in [2.75, 3.05) is 0 Å². The first-order chi connectivity index (χ1) is 11.7. The highest BCUT2D eigenvalue weighted by molar-refractivity contribution is 5.78. The van der Waals surface area contributed by atoms with E-state index in [1.165, 1.54) is 13.8 Å². The molecule has 0 aliphatic carbocycles. The number of aryl methyl sites for hydroxylation is 1. The van der Waals surface area contributed by atoms with Crippen LogP contribution < -0.4 is 0 Å². The van der Waals surface area contributed by atoms with Crippen LogP contribution in [0.1, 0.15) is 23.5 Å². The Hall–Kier alpha value is -3.53. The average molecular weight is 353 g/mol. The van der Waals surface area contributed by atoms with Crippen molar-refractivity contribution >= 4 is 23.3 Å². The summed E-state index contributed by atoms with van der Waals surface area (Å²) in [5.74, 6) is 0. The first-order valence-corrected chi connectivity index (χ1v) is 6.73. The van der Waals surface area contributed by atoms with Crippen molar-refractivity contribution in [2.24, 2.45) is 5.11 Å². The standard InChI is InChI=1S/C13H11F2N6O4/c1-7-10(8(2)19(18-7)13(14)15)6-16-17-11-4-3-9(20(22)23)5-12(11)21(24)25/h3-6,13H,1-2H3/q+1. The van der Waals surface area contributed by atoms with Gasteiger partial charge in [0.15, 0.2) is 0 Å². The van der Waals surface area contributed by atoms with Gasteiger partial charge in [0.1, 0.15) is 10.7 Å². The highest BCUT2D eigenvalue weighted by atomic mass is 19.3. The summed E-state index contributed by atoms with van der Waals surface area (Å²) in [6.07, 6.45) is 1.14. The van der Waals surface area contributed by atoms with Gasteiger partial charge in [0.05, 0.1) is 32.1 Å². The van der Waals surface area contributed by atoms with E-state index in [0.29, 0.717) is 10.2 Å². The van der Waals surface area contributed by atoms with Crippen molar-refractivity contribution < 1.29 is 23.4 Å². The van der Waals surface area contributed by atoms with E-state index in [1.54, 1.807) is 0 Å². The maximum absolute atomic E-state index is 12.8. The van der Waals surface area contributed by atoms with Gasteiger partial charge in [-0.1, -0.05) is 0 Å². The van der Waals surface area contributed by atoms with Crippen LogP contribution in [0.2, 0.25) is 0 Å². The fraction of sp³-hybridized carbons (Fsp3) is 0.231. The Labute approximate surface area is 138 Å². The van der Waals surface area contributed by atoms with E-state index in [9.17, 15) is 29.0 Å². The number of benzene rings is 1. The lowest BCUT2D eigenvalue weighted by Gasteiger charge is -1.99. The lowest BCUT2D eigenvalue weighted by Crippen LogP contribution is -2.02. The van der Waals surface area contributed by atoms with E-state index in [-0.39, 0.29) is 17.1 Å². The molecule has 0 saturated heterocycles. The van der Waals surface area contributed by atoms with Gasteiger partial charge in [-0.2, -0.15) is 13.9 Å². The molecule has 1 aromatic heterocycles. The Morgan fingerprint density at radius 3 is 2.48 bits per heavy atom. The molecule has 1 aromatic carbocycles. The molecule has 1 heterocycles. The quantitative estimate of drug-likeness (QED) is 0.268. The summed E-state index contributed by atoms with van der Waals surface area (Å²) in [5.41, 5.74) is -0.515. The molecule has 0 amide bonds. The van der Waals surface area contributed by atoms with Crippen molar-refractivity contribution in [3.05, 3.63) is 55.4 Å². The third-order valence-electron chi connectivity index (χ3n) is 3.28. The summed E-state index contributed by atoms with van der Waals surface area (Å²) in [6, 6.07) is 2.89. The van der Waals surface area contributed by atoms with E-state index >= 15 is 0 Å². The maximum Gasteiger partial charge on any atom is 0.341 e. The highest BCUT2D eigenvalue weighted by Crippen LogP contribution is 2.30. The summed E-state index contributed by atoms with van der Waals surface area (Å²) < 4.78 is 26.0. The van der Waals surface area contributed by atoms with Crippen LogP contribution in [0.5, 0.6) is 0 Å². The summed E-state index contributed by atoms with van der Waals surface area (Å²) in [7, 11) is 0. The van der Waals surface area contributed by atoms with Gasteiger partial charge >= 0.3 is 18.5 Å². The lowest BCUT2D eigenvalue weighted by molar-refractivity contribution is -0.393. The van der Waals surface area contributed by atoms with Crippen molar-refractivity contribution in [1.29, 1.82) is 0 Å². The van der Waals surface area contributed by atoms with Gasteiger partial charge in [-0.05, 0) is 19.9 Å². The third-order valence-corrected chi connectivity index (χ3v) is 3.28. The number of nitro groups is 2. The Kier molecular flexibility index (Phi) is 4.94. The topological polar surface area (TPSA) is 131 Å². The van der Waals surface area contributed by atoms with Gasteiger partial charge in [-0.25, -0.2) is 4.68 Å². The molecule has 0 N–H and O–H groups in total. The summed E-state index contributed by atoms with van der Waals surface area (Å²) in [5, 5.41) is 29.0. The molecule has 0 saturated carbocycles. The van der Waals surface area contributed by atoms with Crippen LogP contribution in [0, 0.1) is 34.1 Å². The van der Waals surface area contributed by atoms with Gasteiger partial charge in [-0.3, -0.25) is 20.2 Å². The molecular formula is C13H11F2N6O4+. The average Bonchev–Trinajstić information content (AvgIpc) is 2.82. The van der Waals surface area contributed by atoms with Crippen LogP contribution in [-0.4, -0.2) is 30.6 Å². The molecule has 0 aliphatic heterocycles. The minimum absolute atomic E-state index is 0.157. The Morgan fingerprint density at radius 2 is 1.96 bits per heavy atom. The monoisotopic (exact) mass is 353 g/mol. The van der Waals surface area contributed by atoms with Gasteiger partial charge < -0.3 is 0 Å². The number of non-ortho nitro benzene ring substituents is 1. The van der Waals surface area contributed by atoms with Crippen LogP contribution in [0.3, 0.4) is 0 Å². The molecule has 12 heteroatoms. The lowest BCUT2D eigenvalue weighted by atomic mass is 10.2. The zero-order valence-electron chi connectivity index (χ0n) is 13.0. The molecule has 10 nitrogen and oxygen atoms in total. The molecule has 0 unspecified atom stereocenters. The Morgan fingerprint density at radius 1 is 1.28 bits per heavy atom. The predicted molar refractivity (Wildman–Crippen MR) is 80.2 cm³/mol. The van der Waals surface area contributed by atoms with Crippen LogP contribution >= 0.6 is 0 Å². The smallest absolute Gasteiger partial charge is 0.258 e. The van der Waals surface area contributed by atoms with Crippen molar-refractivity contribution in [3.63, 3.8) is 0 Å². The summed E-state index contributed by atoms with van der Waals surface area (Å²) >= 11 is 0. The number of hydrogen-bond acceptors (Lipinski definition) is 6. The normalized spacial score (nSPS) is 10.4. The zero-order chi connectivity index (χ0) is 18.7. The fourth-order valence-corrected chi connectivity index (χ4v) is 2.06. The third kappa shape index (κ3) is 3.70. The second-order valence-corrected chi connectivity index (χ2v) is 4.84. The molecule has 130 valence electrons. The van der Waals surface area contributed by atoms with E-state index in [0.717, 1.165) is 24.4 Å². The second kappa shape index (κ2) is 6.93. The minimum Gasteiger partial charge on any atom is -0.258 e. The zero-order valence-corrected chi connectivity index (χ0v) is 13.0. The number of nitro benzene ring substituents is 2. The predicted octanol–water partition coefficient (Wildman–Crippen LogP) is 3.12. The number of nitrogens with zero attached hydrogens (tertiary/aromatic N) is 6. The van der Waals surface area contributed by atoms with Gasteiger partial charge in [0.2, 0.25) is 5.69 Å². The summed E-state index contributed by atoms with van der Waals surface area (Å²) in [6.45, 7) is 0.109. The second-order valence-electron chi connectivity index (χ2n) is 4.84. The van der Waals surface area contributed by atoms with E-state index in [1.807, 2.05) is 0 Å². The SMILES string of the molecule is Cc1nn(C(F)F)c(C)c1C=[N+]=Nc1ccc([N+](=O)[O-])cc1[N+](=O)[O-]. The maximum atomic E-state index is 12.8. The van der Waals surface area contributed by atoms with Gasteiger partial charge in [-0.15, -0.1) is 0 Å². The van der Waals surface area contributed by atoms with Crippen LogP contribution in [0.15, 0.2) is 23.3 Å². The van der Waals surface area contributed by atoms with Gasteiger partial charge in [0, 0.05) is 6.07 Å². The molecule has 25 heavy (non-hydrogen) atoms. The van der Waals surface area contributed by atoms with Crippen LogP contribution in [0.4, 0.5) is 25.8 Å². The Bertz CT molecular complexity index is 917. The fourth-order valence-electron chi connectivity index (χ4n) is 2.06. The van der Waals surface area contributed by atoms with E-state index in [4.69, 9.17) is 0 Å². The highest BCUT2D eigenvalue weighted by Gasteiger charge is 2.22. The first-order valence-electron chi connectivity index (χ1n) is 6.73. The van der Waals surface area contributed by atoms with E-state index in [2.05, 4.69) is 15.0 Å².